The number of piperidine rings is 1. The molecule has 1 atom stereocenters. The highest BCUT2D eigenvalue weighted by Crippen LogP contribution is 2.19. The number of amides is 1. The van der Waals surface area contributed by atoms with E-state index in [4.69, 9.17) is 10.5 Å². The minimum Gasteiger partial charge on any atom is -0.491 e. The third-order valence-corrected chi connectivity index (χ3v) is 4.25. The van der Waals surface area contributed by atoms with Gasteiger partial charge in [0.05, 0.1) is 11.5 Å². The topological polar surface area (TPSA) is 84.7 Å². The fraction of sp³-hybridized carbons (Fsp3) is 0.556. The van der Waals surface area contributed by atoms with Gasteiger partial charge in [0.2, 0.25) is 5.91 Å². The molecule has 0 spiro atoms. The summed E-state index contributed by atoms with van der Waals surface area (Å²) in [6.07, 6.45) is 1.92. The Labute approximate surface area is 155 Å². The first-order chi connectivity index (χ1) is 11.6. The van der Waals surface area contributed by atoms with E-state index in [0.29, 0.717) is 31.0 Å². The second-order valence-corrected chi connectivity index (χ2v) is 6.12. The number of carbonyl (C=O) groups is 2. The molecule has 6 nitrogen and oxygen atoms in total. The van der Waals surface area contributed by atoms with Gasteiger partial charge in [0.25, 0.3) is 0 Å². The van der Waals surface area contributed by atoms with Gasteiger partial charge in [-0.25, -0.2) is 0 Å². The van der Waals surface area contributed by atoms with Gasteiger partial charge in [0.15, 0.2) is 5.78 Å². The van der Waals surface area contributed by atoms with Crippen LogP contribution in [-0.2, 0) is 4.79 Å². The van der Waals surface area contributed by atoms with Crippen LogP contribution in [0.2, 0.25) is 0 Å². The third kappa shape index (κ3) is 6.65. The number of benzene rings is 1. The zero-order chi connectivity index (χ0) is 17.4. The molecular formula is C18H28ClN3O3. The molecule has 0 radical (unpaired) electrons. The Morgan fingerprint density at radius 1 is 1.36 bits per heavy atom. The lowest BCUT2D eigenvalue weighted by Gasteiger charge is -2.31. The van der Waals surface area contributed by atoms with E-state index < -0.39 is 0 Å². The van der Waals surface area contributed by atoms with Crippen LogP contribution in [0.3, 0.4) is 0 Å². The lowest BCUT2D eigenvalue weighted by atomic mass is 9.97. The van der Waals surface area contributed by atoms with Crippen molar-refractivity contribution in [2.24, 2.45) is 11.7 Å². The van der Waals surface area contributed by atoms with Gasteiger partial charge < -0.3 is 15.8 Å². The molecular weight excluding hydrogens is 342 g/mol. The van der Waals surface area contributed by atoms with E-state index in [0.717, 1.165) is 32.5 Å². The second-order valence-electron chi connectivity index (χ2n) is 6.12. The van der Waals surface area contributed by atoms with Crippen molar-refractivity contribution in [2.45, 2.75) is 19.8 Å². The Balaban J connectivity index is 0.00000312. The summed E-state index contributed by atoms with van der Waals surface area (Å²) in [6, 6.07) is 7.28. The molecule has 25 heavy (non-hydrogen) atoms. The quantitative estimate of drug-likeness (QED) is 0.678. The predicted octanol–water partition coefficient (Wildman–Crippen LogP) is 1.48. The molecule has 1 saturated heterocycles. The van der Waals surface area contributed by atoms with Crippen LogP contribution in [0.4, 0.5) is 0 Å². The van der Waals surface area contributed by atoms with Gasteiger partial charge >= 0.3 is 0 Å². The fourth-order valence-corrected chi connectivity index (χ4v) is 2.98. The second kappa shape index (κ2) is 11.1. The molecule has 1 aliphatic heterocycles. The summed E-state index contributed by atoms with van der Waals surface area (Å²) in [5, 5.41) is 2.87. The maximum Gasteiger partial charge on any atom is 0.224 e. The van der Waals surface area contributed by atoms with E-state index in [1.54, 1.807) is 6.07 Å². The Hall–Kier alpha value is -1.63. The third-order valence-electron chi connectivity index (χ3n) is 4.25. The summed E-state index contributed by atoms with van der Waals surface area (Å²) >= 11 is 0. The summed E-state index contributed by atoms with van der Waals surface area (Å²) in [4.78, 5) is 25.9. The smallest absolute Gasteiger partial charge is 0.224 e. The molecule has 2 rings (SSSR count). The highest BCUT2D eigenvalue weighted by atomic mass is 35.5. The molecule has 1 heterocycles. The normalized spacial score (nSPS) is 17.4. The number of ether oxygens (including phenoxy) is 1. The number of hydrogen-bond acceptors (Lipinski definition) is 5. The van der Waals surface area contributed by atoms with Crippen LogP contribution < -0.4 is 15.8 Å². The number of ketones is 1. The molecule has 140 valence electrons. The molecule has 0 aromatic heterocycles. The van der Waals surface area contributed by atoms with E-state index in [-0.39, 0.29) is 30.0 Å². The Bertz CT molecular complexity index is 568. The first-order valence-corrected chi connectivity index (χ1v) is 8.54. The number of nitrogens with zero attached hydrogens (tertiary/aromatic N) is 1. The molecule has 0 bridgehead atoms. The lowest BCUT2D eigenvalue weighted by Crippen LogP contribution is -2.45. The van der Waals surface area contributed by atoms with Crippen molar-refractivity contribution in [1.82, 2.24) is 10.2 Å². The van der Waals surface area contributed by atoms with E-state index in [9.17, 15) is 9.59 Å². The van der Waals surface area contributed by atoms with Crippen LogP contribution in [0.15, 0.2) is 24.3 Å². The molecule has 7 heteroatoms. The first kappa shape index (κ1) is 21.4. The fourth-order valence-electron chi connectivity index (χ4n) is 2.98. The number of halogens is 1. The summed E-state index contributed by atoms with van der Waals surface area (Å²) in [5.74, 6) is 0.738. The minimum absolute atomic E-state index is 0. The van der Waals surface area contributed by atoms with Gasteiger partial charge in [-0.15, -0.1) is 12.4 Å². The standard InChI is InChI=1S/C18H27N3O3.ClH/c1-14(22)16-6-2-3-7-17(16)24-12-11-21-10-4-5-15(13-21)18(23)20-9-8-19;/h2-3,6-7,15H,4-5,8-13,19H2,1H3,(H,20,23);1H. The predicted molar refractivity (Wildman–Crippen MR) is 100 cm³/mol. The van der Waals surface area contributed by atoms with Gasteiger partial charge in [-0.2, -0.15) is 0 Å². The molecule has 1 amide bonds. The molecule has 1 unspecified atom stereocenters. The molecule has 1 fully saturated rings. The molecule has 0 aliphatic carbocycles. The van der Waals surface area contributed by atoms with Crippen molar-refractivity contribution in [2.75, 3.05) is 39.3 Å². The minimum atomic E-state index is 0. The van der Waals surface area contributed by atoms with E-state index in [1.165, 1.54) is 6.92 Å². The van der Waals surface area contributed by atoms with Gasteiger partial charge in [-0.05, 0) is 38.4 Å². The number of likely N-dealkylation sites (tertiary alicyclic amines) is 1. The molecule has 1 aromatic rings. The number of carbonyl (C=O) groups excluding carboxylic acids is 2. The molecule has 3 N–H and O–H groups in total. The maximum absolute atomic E-state index is 12.1. The van der Waals surface area contributed by atoms with E-state index in [1.807, 2.05) is 18.2 Å². The maximum atomic E-state index is 12.1. The Morgan fingerprint density at radius 2 is 2.12 bits per heavy atom. The van der Waals surface area contributed by atoms with Crippen LogP contribution in [0.1, 0.15) is 30.1 Å². The monoisotopic (exact) mass is 369 g/mol. The number of nitrogens with two attached hydrogens (primary N) is 1. The van der Waals surface area contributed by atoms with Crippen molar-refractivity contribution in [3.63, 3.8) is 0 Å². The van der Waals surface area contributed by atoms with Gasteiger partial charge in [0, 0.05) is 26.2 Å². The summed E-state index contributed by atoms with van der Waals surface area (Å²) in [7, 11) is 0. The highest BCUT2D eigenvalue weighted by molar-refractivity contribution is 5.96. The Kier molecular flexibility index (Phi) is 9.49. The van der Waals surface area contributed by atoms with Crippen molar-refractivity contribution in [3.05, 3.63) is 29.8 Å². The average Bonchev–Trinajstić information content (AvgIpc) is 2.60. The zero-order valence-corrected chi connectivity index (χ0v) is 15.5. The van der Waals surface area contributed by atoms with Gasteiger partial charge in [-0.1, -0.05) is 12.1 Å². The average molecular weight is 370 g/mol. The van der Waals surface area contributed by atoms with Crippen LogP contribution >= 0.6 is 12.4 Å². The van der Waals surface area contributed by atoms with Crippen LogP contribution in [-0.4, -0.2) is 55.9 Å². The summed E-state index contributed by atoms with van der Waals surface area (Å²) in [5.41, 5.74) is 6.03. The lowest BCUT2D eigenvalue weighted by molar-refractivity contribution is -0.126. The molecule has 1 aliphatic rings. The molecule has 1 aromatic carbocycles. The van der Waals surface area contributed by atoms with Crippen molar-refractivity contribution >= 4 is 24.1 Å². The zero-order valence-electron chi connectivity index (χ0n) is 14.7. The number of para-hydroxylation sites is 1. The van der Waals surface area contributed by atoms with Crippen molar-refractivity contribution < 1.29 is 14.3 Å². The number of hydrogen-bond donors (Lipinski definition) is 2. The summed E-state index contributed by atoms with van der Waals surface area (Å²) < 4.78 is 5.78. The SMILES string of the molecule is CC(=O)c1ccccc1OCCN1CCCC(C(=O)NCCN)C1.Cl. The number of nitrogens with one attached hydrogen (secondary N) is 1. The first-order valence-electron chi connectivity index (χ1n) is 8.54. The molecule has 0 saturated carbocycles. The van der Waals surface area contributed by atoms with Crippen LogP contribution in [0.5, 0.6) is 5.75 Å². The van der Waals surface area contributed by atoms with Crippen LogP contribution in [0.25, 0.3) is 0 Å². The van der Waals surface area contributed by atoms with E-state index >= 15 is 0 Å². The highest BCUT2D eigenvalue weighted by Gasteiger charge is 2.25. The largest absolute Gasteiger partial charge is 0.491 e. The van der Waals surface area contributed by atoms with Crippen LogP contribution in [0, 0.1) is 5.92 Å². The van der Waals surface area contributed by atoms with Gasteiger partial charge in [-0.3, -0.25) is 14.5 Å². The Morgan fingerprint density at radius 3 is 2.84 bits per heavy atom. The number of Topliss-reactive ketones (excluding diaryl/α,β-unsaturated/α-hetero) is 1. The summed E-state index contributed by atoms with van der Waals surface area (Å²) in [6.45, 7) is 5.49. The van der Waals surface area contributed by atoms with Gasteiger partial charge in [0.1, 0.15) is 12.4 Å². The van der Waals surface area contributed by atoms with Crippen molar-refractivity contribution in [1.29, 1.82) is 0 Å². The number of rotatable bonds is 8. The van der Waals surface area contributed by atoms with Crippen molar-refractivity contribution in [3.8, 4) is 5.75 Å². The van der Waals surface area contributed by atoms with E-state index in [2.05, 4.69) is 10.2 Å².